The summed E-state index contributed by atoms with van der Waals surface area (Å²) in [6.45, 7) is 1.49. The number of aliphatic hydroxyl groups is 1. The molecule has 100 valence electrons. The lowest BCUT2D eigenvalue weighted by Crippen LogP contribution is -2.53. The van der Waals surface area contributed by atoms with E-state index in [1.807, 2.05) is 29.2 Å². The predicted molar refractivity (Wildman–Crippen MR) is 76.4 cm³/mol. The van der Waals surface area contributed by atoms with Gasteiger partial charge in [-0.15, -0.1) is 0 Å². The molecule has 0 bridgehead atoms. The summed E-state index contributed by atoms with van der Waals surface area (Å²) in [5, 5.41) is 11.3. The lowest BCUT2D eigenvalue weighted by atomic mass is 9.86. The van der Waals surface area contributed by atoms with Crippen molar-refractivity contribution in [2.75, 3.05) is 13.1 Å². The molecule has 0 saturated carbocycles. The topological polar surface area (TPSA) is 48.7 Å². The Bertz CT molecular complexity index is 683. The maximum absolute atomic E-state index is 11.3. The van der Waals surface area contributed by atoms with E-state index >= 15 is 0 Å². The monoisotopic (exact) mass is 265 g/mol. The average Bonchev–Trinajstić information content (AvgIpc) is 2.99. The first-order valence-corrected chi connectivity index (χ1v) is 6.82. The minimum atomic E-state index is -1.02. The van der Waals surface area contributed by atoms with Crippen LogP contribution in [-0.4, -0.2) is 33.9 Å². The molecule has 20 heavy (non-hydrogen) atoms. The smallest absolute Gasteiger partial charge is 0.169 e. The molecule has 2 aliphatic rings. The largest absolute Gasteiger partial charge is 0.366 e. The van der Waals surface area contributed by atoms with Crippen molar-refractivity contribution < 1.29 is 5.11 Å². The molecule has 1 N–H and O–H groups in total. The zero-order valence-electron chi connectivity index (χ0n) is 11.0. The van der Waals surface area contributed by atoms with Crippen LogP contribution in [0.15, 0.2) is 53.8 Å². The van der Waals surface area contributed by atoms with E-state index in [-0.39, 0.29) is 0 Å². The Labute approximate surface area is 117 Å². The second-order valence-electron chi connectivity index (χ2n) is 5.24. The molecule has 1 aromatic heterocycles. The summed E-state index contributed by atoms with van der Waals surface area (Å²) in [7, 11) is 0. The number of fused-ring (bicyclic) bond motifs is 3. The molecular weight excluding hydrogens is 250 g/mol. The van der Waals surface area contributed by atoms with Crippen molar-refractivity contribution in [1.29, 1.82) is 0 Å². The molecule has 0 saturated heterocycles. The SMILES string of the molecule is O[C@@]1(c2ccncc2)Cc2ccccc2C2=NCCN21. The van der Waals surface area contributed by atoms with E-state index in [4.69, 9.17) is 0 Å². The molecule has 1 aromatic carbocycles. The van der Waals surface area contributed by atoms with Crippen molar-refractivity contribution in [2.24, 2.45) is 4.99 Å². The minimum Gasteiger partial charge on any atom is -0.366 e. The molecule has 0 aliphatic carbocycles. The Morgan fingerprint density at radius 1 is 1.10 bits per heavy atom. The van der Waals surface area contributed by atoms with E-state index in [1.165, 1.54) is 0 Å². The van der Waals surface area contributed by atoms with Crippen LogP contribution in [0.25, 0.3) is 0 Å². The molecule has 4 heteroatoms. The van der Waals surface area contributed by atoms with Crippen LogP contribution in [0.5, 0.6) is 0 Å². The average molecular weight is 265 g/mol. The van der Waals surface area contributed by atoms with Crippen molar-refractivity contribution >= 4 is 5.84 Å². The number of nitrogens with zero attached hydrogens (tertiary/aromatic N) is 3. The molecular formula is C16H15N3O. The van der Waals surface area contributed by atoms with Gasteiger partial charge >= 0.3 is 0 Å². The third-order valence-corrected chi connectivity index (χ3v) is 4.13. The highest BCUT2D eigenvalue weighted by Gasteiger charge is 2.44. The van der Waals surface area contributed by atoms with E-state index < -0.39 is 5.72 Å². The summed E-state index contributed by atoms with van der Waals surface area (Å²) < 4.78 is 0. The van der Waals surface area contributed by atoms with Crippen LogP contribution in [-0.2, 0) is 12.1 Å². The summed E-state index contributed by atoms with van der Waals surface area (Å²) in [5.74, 6) is 0.908. The maximum Gasteiger partial charge on any atom is 0.169 e. The van der Waals surface area contributed by atoms with E-state index in [9.17, 15) is 5.11 Å². The van der Waals surface area contributed by atoms with Gasteiger partial charge in [-0.1, -0.05) is 24.3 Å². The van der Waals surface area contributed by atoms with Gasteiger partial charge in [0.1, 0.15) is 5.84 Å². The van der Waals surface area contributed by atoms with Crippen molar-refractivity contribution in [3.63, 3.8) is 0 Å². The fraction of sp³-hybridized carbons (Fsp3) is 0.250. The Morgan fingerprint density at radius 3 is 2.75 bits per heavy atom. The Balaban J connectivity index is 1.90. The molecule has 3 heterocycles. The lowest BCUT2D eigenvalue weighted by Gasteiger charge is -2.43. The molecule has 0 radical (unpaired) electrons. The number of benzene rings is 1. The highest BCUT2D eigenvalue weighted by atomic mass is 16.3. The molecule has 2 aliphatic heterocycles. The summed E-state index contributed by atoms with van der Waals surface area (Å²) >= 11 is 0. The summed E-state index contributed by atoms with van der Waals surface area (Å²) in [6, 6.07) is 11.9. The van der Waals surface area contributed by atoms with E-state index in [1.54, 1.807) is 12.4 Å². The number of pyridine rings is 1. The van der Waals surface area contributed by atoms with Crippen molar-refractivity contribution in [3.8, 4) is 0 Å². The van der Waals surface area contributed by atoms with E-state index in [0.29, 0.717) is 6.42 Å². The molecule has 0 unspecified atom stereocenters. The van der Waals surface area contributed by atoms with Gasteiger partial charge in [-0.05, 0) is 17.7 Å². The minimum absolute atomic E-state index is 0.576. The Morgan fingerprint density at radius 2 is 1.90 bits per heavy atom. The molecule has 4 nitrogen and oxygen atoms in total. The molecule has 0 fully saturated rings. The van der Waals surface area contributed by atoms with Crippen LogP contribution in [0.2, 0.25) is 0 Å². The van der Waals surface area contributed by atoms with Gasteiger partial charge in [-0.3, -0.25) is 9.98 Å². The third-order valence-electron chi connectivity index (χ3n) is 4.13. The lowest BCUT2D eigenvalue weighted by molar-refractivity contribution is -0.0745. The Kier molecular flexibility index (Phi) is 2.41. The Hall–Kier alpha value is -2.20. The molecule has 0 amide bonds. The van der Waals surface area contributed by atoms with Gasteiger partial charge in [0.05, 0.1) is 6.54 Å². The van der Waals surface area contributed by atoms with Crippen molar-refractivity contribution in [3.05, 3.63) is 65.5 Å². The molecule has 0 spiro atoms. The van der Waals surface area contributed by atoms with Crippen LogP contribution >= 0.6 is 0 Å². The standard InChI is InChI=1S/C16H15N3O/c20-16(13-5-7-17-8-6-13)11-12-3-1-2-4-14(12)15-18-9-10-19(15)16/h1-8,20H,9-11H2/t16-/m1/s1. The number of aliphatic imine (C=N–C) groups is 1. The van der Waals surface area contributed by atoms with Gasteiger partial charge in [0.2, 0.25) is 0 Å². The van der Waals surface area contributed by atoms with Gasteiger partial charge in [-0.25, -0.2) is 0 Å². The zero-order valence-corrected chi connectivity index (χ0v) is 11.0. The zero-order chi connectivity index (χ0) is 13.6. The third kappa shape index (κ3) is 1.51. The fourth-order valence-corrected chi connectivity index (χ4v) is 3.17. The van der Waals surface area contributed by atoms with Gasteiger partial charge in [-0.2, -0.15) is 0 Å². The van der Waals surface area contributed by atoms with Crippen molar-refractivity contribution in [1.82, 2.24) is 9.88 Å². The van der Waals surface area contributed by atoms with Gasteiger partial charge in [0.25, 0.3) is 0 Å². The van der Waals surface area contributed by atoms with Gasteiger partial charge < -0.3 is 10.0 Å². The van der Waals surface area contributed by atoms with Gasteiger partial charge in [0, 0.05) is 36.5 Å². The maximum atomic E-state index is 11.3. The predicted octanol–water partition coefficient (Wildman–Crippen LogP) is 1.55. The number of rotatable bonds is 1. The summed E-state index contributed by atoms with van der Waals surface area (Å²) in [4.78, 5) is 10.6. The van der Waals surface area contributed by atoms with E-state index in [2.05, 4.69) is 22.1 Å². The first-order valence-electron chi connectivity index (χ1n) is 6.82. The first-order chi connectivity index (χ1) is 9.79. The number of amidine groups is 1. The van der Waals surface area contributed by atoms with Crippen molar-refractivity contribution in [2.45, 2.75) is 12.1 Å². The highest BCUT2D eigenvalue weighted by Crippen LogP contribution is 2.38. The normalized spacial score (nSPS) is 24.1. The quantitative estimate of drug-likeness (QED) is 0.851. The molecule has 4 rings (SSSR count). The second kappa shape index (κ2) is 4.15. The second-order valence-corrected chi connectivity index (χ2v) is 5.24. The highest BCUT2D eigenvalue weighted by molar-refractivity contribution is 6.02. The summed E-state index contributed by atoms with van der Waals surface area (Å²) in [6.07, 6.45) is 4.02. The number of hydrogen-bond donors (Lipinski definition) is 1. The van der Waals surface area contributed by atoms with Crippen LogP contribution in [0.4, 0.5) is 0 Å². The fourth-order valence-electron chi connectivity index (χ4n) is 3.17. The summed E-state index contributed by atoms with van der Waals surface area (Å²) in [5.41, 5.74) is 2.14. The molecule has 1 atom stereocenters. The number of aromatic nitrogens is 1. The molecule has 2 aromatic rings. The van der Waals surface area contributed by atoms with E-state index in [0.717, 1.165) is 35.6 Å². The number of hydrogen-bond acceptors (Lipinski definition) is 4. The van der Waals surface area contributed by atoms with Crippen LogP contribution < -0.4 is 0 Å². The van der Waals surface area contributed by atoms with Crippen LogP contribution in [0, 0.1) is 0 Å². The van der Waals surface area contributed by atoms with Crippen LogP contribution in [0.3, 0.4) is 0 Å². The van der Waals surface area contributed by atoms with Gasteiger partial charge in [0.15, 0.2) is 5.72 Å². The van der Waals surface area contributed by atoms with Crippen LogP contribution in [0.1, 0.15) is 16.7 Å². The first kappa shape index (κ1) is 11.6.